The van der Waals surface area contributed by atoms with Gasteiger partial charge in [0.15, 0.2) is 0 Å². The number of para-hydroxylation sites is 1. The number of fused-ring (bicyclic) bond motifs is 1. The van der Waals surface area contributed by atoms with E-state index in [1.54, 1.807) is 4.90 Å². The molecule has 2 amide bonds. The lowest BCUT2D eigenvalue weighted by Gasteiger charge is -2.29. The molecular formula is C21H26N2O4. The molecule has 4 rings (SSSR count). The van der Waals surface area contributed by atoms with Gasteiger partial charge in [-0.3, -0.25) is 9.59 Å². The minimum Gasteiger partial charge on any atom is -0.488 e. The molecule has 3 aliphatic heterocycles. The van der Waals surface area contributed by atoms with Crippen molar-refractivity contribution in [3.63, 3.8) is 0 Å². The van der Waals surface area contributed by atoms with Gasteiger partial charge in [-0.15, -0.1) is 0 Å². The molecule has 0 spiro atoms. The van der Waals surface area contributed by atoms with Gasteiger partial charge < -0.3 is 19.3 Å². The third-order valence-corrected chi connectivity index (χ3v) is 5.43. The van der Waals surface area contributed by atoms with Crippen molar-refractivity contribution < 1.29 is 19.1 Å². The van der Waals surface area contributed by atoms with Crippen molar-refractivity contribution in [1.82, 2.24) is 9.80 Å². The average molecular weight is 370 g/mol. The van der Waals surface area contributed by atoms with Crippen LogP contribution in [0.2, 0.25) is 0 Å². The highest BCUT2D eigenvalue weighted by molar-refractivity contribution is 6.00. The molecule has 6 nitrogen and oxygen atoms in total. The van der Waals surface area contributed by atoms with Crippen molar-refractivity contribution in [2.24, 2.45) is 0 Å². The van der Waals surface area contributed by atoms with Gasteiger partial charge in [0.05, 0.1) is 11.7 Å². The van der Waals surface area contributed by atoms with Gasteiger partial charge in [-0.05, 0) is 37.8 Å². The molecule has 0 radical (unpaired) electrons. The van der Waals surface area contributed by atoms with E-state index in [0.717, 1.165) is 56.7 Å². The number of hydrogen-bond donors (Lipinski definition) is 0. The molecule has 2 saturated heterocycles. The summed E-state index contributed by atoms with van der Waals surface area (Å²) >= 11 is 0. The topological polar surface area (TPSA) is 59.1 Å². The van der Waals surface area contributed by atoms with Crippen LogP contribution in [0.3, 0.4) is 0 Å². The SMILES string of the molecule is O=C(CN(CC1CCCO1)C(=O)C1=Cc2ccccc2OC1)N1CCCC1. The fourth-order valence-corrected chi connectivity index (χ4v) is 3.93. The Kier molecular flexibility index (Phi) is 5.43. The van der Waals surface area contributed by atoms with Crippen LogP contribution >= 0.6 is 0 Å². The van der Waals surface area contributed by atoms with Crippen LogP contribution in [0.5, 0.6) is 5.75 Å². The van der Waals surface area contributed by atoms with Crippen LogP contribution in [-0.2, 0) is 14.3 Å². The summed E-state index contributed by atoms with van der Waals surface area (Å²) in [7, 11) is 0. The number of carbonyl (C=O) groups excluding carboxylic acids is 2. The Hall–Kier alpha value is -2.34. The van der Waals surface area contributed by atoms with Gasteiger partial charge in [-0.1, -0.05) is 18.2 Å². The Labute approximate surface area is 159 Å². The van der Waals surface area contributed by atoms with Crippen LogP contribution in [0, 0.1) is 0 Å². The van der Waals surface area contributed by atoms with E-state index in [4.69, 9.17) is 9.47 Å². The second-order valence-electron chi connectivity index (χ2n) is 7.40. The maximum absolute atomic E-state index is 13.2. The summed E-state index contributed by atoms with van der Waals surface area (Å²) in [6.45, 7) is 3.11. The number of hydrogen-bond acceptors (Lipinski definition) is 4. The molecule has 0 N–H and O–H groups in total. The third-order valence-electron chi connectivity index (χ3n) is 5.43. The molecule has 0 aromatic heterocycles. The summed E-state index contributed by atoms with van der Waals surface area (Å²) in [6.07, 6.45) is 5.91. The van der Waals surface area contributed by atoms with Gasteiger partial charge in [-0.2, -0.15) is 0 Å². The lowest BCUT2D eigenvalue weighted by atomic mass is 10.1. The largest absolute Gasteiger partial charge is 0.488 e. The molecule has 0 saturated carbocycles. The van der Waals surface area contributed by atoms with Crippen LogP contribution in [0.25, 0.3) is 6.08 Å². The van der Waals surface area contributed by atoms with E-state index in [2.05, 4.69) is 0 Å². The zero-order valence-corrected chi connectivity index (χ0v) is 15.6. The standard InChI is InChI=1S/C21H26N2O4/c24-20(22-9-3-4-10-22)14-23(13-18-7-5-11-26-18)21(25)17-12-16-6-1-2-8-19(16)27-15-17/h1-2,6,8,12,18H,3-5,7,9-11,13-15H2. The van der Waals surface area contributed by atoms with Gasteiger partial charge >= 0.3 is 0 Å². The van der Waals surface area contributed by atoms with E-state index in [0.29, 0.717) is 12.1 Å². The second-order valence-corrected chi connectivity index (χ2v) is 7.40. The number of rotatable bonds is 5. The molecule has 1 unspecified atom stereocenters. The second kappa shape index (κ2) is 8.13. The van der Waals surface area contributed by atoms with Crippen molar-refractivity contribution in [2.45, 2.75) is 31.8 Å². The lowest BCUT2D eigenvalue weighted by molar-refractivity contribution is -0.139. The van der Waals surface area contributed by atoms with Crippen molar-refractivity contribution in [2.75, 3.05) is 39.4 Å². The van der Waals surface area contributed by atoms with Crippen molar-refractivity contribution >= 4 is 17.9 Å². The first-order valence-corrected chi connectivity index (χ1v) is 9.82. The number of nitrogens with zero attached hydrogens (tertiary/aromatic N) is 2. The van der Waals surface area contributed by atoms with Crippen molar-refractivity contribution in [3.8, 4) is 5.75 Å². The van der Waals surface area contributed by atoms with E-state index < -0.39 is 0 Å². The number of amides is 2. The minimum atomic E-state index is -0.132. The Morgan fingerprint density at radius 2 is 1.96 bits per heavy atom. The molecule has 1 aromatic carbocycles. The molecule has 6 heteroatoms. The van der Waals surface area contributed by atoms with Gasteiger partial charge in [0, 0.05) is 31.8 Å². The smallest absolute Gasteiger partial charge is 0.253 e. The summed E-state index contributed by atoms with van der Waals surface area (Å²) in [5, 5.41) is 0. The molecule has 0 aliphatic carbocycles. The normalized spacial score (nSPS) is 21.4. The summed E-state index contributed by atoms with van der Waals surface area (Å²) in [6, 6.07) is 7.67. The summed E-state index contributed by atoms with van der Waals surface area (Å²) in [4.78, 5) is 29.4. The summed E-state index contributed by atoms with van der Waals surface area (Å²) < 4.78 is 11.5. The molecule has 1 atom stereocenters. The van der Waals surface area contributed by atoms with Gasteiger partial charge in [0.2, 0.25) is 5.91 Å². The van der Waals surface area contributed by atoms with Gasteiger partial charge in [0.25, 0.3) is 5.91 Å². The summed E-state index contributed by atoms with van der Waals surface area (Å²) in [5.41, 5.74) is 1.48. The predicted molar refractivity (Wildman–Crippen MR) is 101 cm³/mol. The van der Waals surface area contributed by atoms with Crippen LogP contribution in [0.4, 0.5) is 0 Å². The first-order chi connectivity index (χ1) is 13.2. The number of ether oxygens (including phenoxy) is 2. The first kappa shape index (κ1) is 18.0. The fraction of sp³-hybridized carbons (Fsp3) is 0.524. The molecule has 2 fully saturated rings. The van der Waals surface area contributed by atoms with Gasteiger partial charge in [-0.25, -0.2) is 0 Å². The molecule has 27 heavy (non-hydrogen) atoms. The molecular weight excluding hydrogens is 344 g/mol. The Bertz CT molecular complexity index is 733. The average Bonchev–Trinajstić information content (AvgIpc) is 3.40. The zero-order valence-electron chi connectivity index (χ0n) is 15.6. The van der Waals surface area contributed by atoms with E-state index in [9.17, 15) is 9.59 Å². The fourth-order valence-electron chi connectivity index (χ4n) is 3.93. The monoisotopic (exact) mass is 370 g/mol. The zero-order chi connectivity index (χ0) is 18.6. The molecule has 1 aromatic rings. The van der Waals surface area contributed by atoms with Crippen LogP contribution in [0.1, 0.15) is 31.2 Å². The molecule has 3 aliphatic rings. The van der Waals surface area contributed by atoms with Crippen molar-refractivity contribution in [1.29, 1.82) is 0 Å². The Morgan fingerprint density at radius 1 is 1.15 bits per heavy atom. The number of likely N-dealkylation sites (tertiary alicyclic amines) is 1. The maximum Gasteiger partial charge on any atom is 0.253 e. The summed E-state index contributed by atoms with van der Waals surface area (Å²) in [5.74, 6) is 0.678. The Balaban J connectivity index is 1.51. The van der Waals surface area contributed by atoms with Crippen molar-refractivity contribution in [3.05, 3.63) is 35.4 Å². The first-order valence-electron chi connectivity index (χ1n) is 9.82. The van der Waals surface area contributed by atoms with E-state index in [-0.39, 0.29) is 31.1 Å². The molecule has 3 heterocycles. The molecule has 144 valence electrons. The van der Waals surface area contributed by atoms with E-state index >= 15 is 0 Å². The van der Waals surface area contributed by atoms with Crippen LogP contribution in [-0.4, -0.2) is 67.1 Å². The lowest BCUT2D eigenvalue weighted by Crippen LogP contribution is -2.46. The quantitative estimate of drug-likeness (QED) is 0.796. The highest BCUT2D eigenvalue weighted by Crippen LogP contribution is 2.27. The highest BCUT2D eigenvalue weighted by Gasteiger charge is 2.29. The third kappa shape index (κ3) is 4.16. The minimum absolute atomic E-state index is 0.0118. The predicted octanol–water partition coefficient (Wildman–Crippen LogP) is 2.09. The Morgan fingerprint density at radius 3 is 2.74 bits per heavy atom. The van der Waals surface area contributed by atoms with E-state index in [1.807, 2.05) is 35.2 Å². The maximum atomic E-state index is 13.2. The van der Waals surface area contributed by atoms with Crippen LogP contribution < -0.4 is 4.74 Å². The van der Waals surface area contributed by atoms with E-state index in [1.165, 1.54) is 0 Å². The number of benzene rings is 1. The molecule has 0 bridgehead atoms. The van der Waals surface area contributed by atoms with Gasteiger partial charge in [0.1, 0.15) is 18.9 Å². The number of carbonyl (C=O) groups is 2. The highest BCUT2D eigenvalue weighted by atomic mass is 16.5. The van der Waals surface area contributed by atoms with Crippen LogP contribution in [0.15, 0.2) is 29.8 Å².